The van der Waals surface area contributed by atoms with E-state index in [1.807, 2.05) is 0 Å². The second-order valence-electron chi connectivity index (χ2n) is 6.17. The van der Waals surface area contributed by atoms with E-state index in [2.05, 4.69) is 52.0 Å². The van der Waals surface area contributed by atoms with Crippen LogP contribution in [0.5, 0.6) is 0 Å². The largest absolute Gasteiger partial charge is 0.324 e. The van der Waals surface area contributed by atoms with E-state index in [1.54, 1.807) is 0 Å². The molecule has 0 saturated heterocycles. The van der Waals surface area contributed by atoms with Gasteiger partial charge in [0.15, 0.2) is 0 Å². The fourth-order valence-corrected chi connectivity index (χ4v) is 2.96. The summed E-state index contributed by atoms with van der Waals surface area (Å²) in [6.07, 6.45) is 19.7. The topological polar surface area (TPSA) is 0 Å². The minimum Gasteiger partial charge on any atom is -0.324 e. The van der Waals surface area contributed by atoms with Crippen LogP contribution in [0, 0.1) is 0 Å². The molecule has 124 valence electrons. The number of unbranched alkanes of at least 4 members (excludes halogenated alkanes) is 4. The summed E-state index contributed by atoms with van der Waals surface area (Å²) in [5.41, 5.74) is 0. The standard InChI is InChI=1S/C20H40N/c1-5-9-11-13-15-17-19-21(7-3,8-4)20-18-16-14-12-10-6-2/h9-12H,5-8,13-20H2,1-4H3/q+1/b11-9+,12-10+. The van der Waals surface area contributed by atoms with Gasteiger partial charge in [0, 0.05) is 0 Å². The van der Waals surface area contributed by atoms with Gasteiger partial charge >= 0.3 is 0 Å². The molecule has 0 aliphatic rings. The highest BCUT2D eigenvalue weighted by atomic mass is 15.3. The summed E-state index contributed by atoms with van der Waals surface area (Å²) in [5.74, 6) is 0. The van der Waals surface area contributed by atoms with Crippen molar-refractivity contribution in [3.63, 3.8) is 0 Å². The molecule has 0 amide bonds. The molecular formula is C20H40N+. The summed E-state index contributed by atoms with van der Waals surface area (Å²) < 4.78 is 1.33. The van der Waals surface area contributed by atoms with Crippen molar-refractivity contribution >= 4 is 0 Å². The normalized spacial score (nSPS) is 12.8. The number of allylic oxidation sites excluding steroid dienone is 4. The van der Waals surface area contributed by atoms with Crippen molar-refractivity contribution in [1.82, 2.24) is 0 Å². The molecule has 1 heteroatoms. The lowest BCUT2D eigenvalue weighted by Crippen LogP contribution is -2.49. The Hall–Kier alpha value is -0.560. The monoisotopic (exact) mass is 294 g/mol. The van der Waals surface area contributed by atoms with Gasteiger partial charge in [-0.15, -0.1) is 0 Å². The maximum Gasteiger partial charge on any atom is 0.0786 e. The van der Waals surface area contributed by atoms with E-state index in [0.29, 0.717) is 0 Å². The van der Waals surface area contributed by atoms with Crippen LogP contribution in [0.2, 0.25) is 0 Å². The smallest absolute Gasteiger partial charge is 0.0786 e. The number of nitrogens with zero attached hydrogens (tertiary/aromatic N) is 1. The summed E-state index contributed by atoms with van der Waals surface area (Å²) in [6, 6.07) is 0. The van der Waals surface area contributed by atoms with Crippen molar-refractivity contribution in [3.8, 4) is 0 Å². The van der Waals surface area contributed by atoms with Gasteiger partial charge in [0.25, 0.3) is 0 Å². The van der Waals surface area contributed by atoms with E-state index in [9.17, 15) is 0 Å². The SMILES string of the molecule is CC/C=C/CCCC[N+](CC)(CC)CCCC/C=C/CC. The van der Waals surface area contributed by atoms with Crippen molar-refractivity contribution in [2.75, 3.05) is 26.2 Å². The quantitative estimate of drug-likeness (QED) is 0.206. The van der Waals surface area contributed by atoms with Crippen LogP contribution in [0.25, 0.3) is 0 Å². The first-order valence-electron chi connectivity index (χ1n) is 9.39. The number of rotatable bonds is 14. The molecule has 0 N–H and O–H groups in total. The van der Waals surface area contributed by atoms with E-state index >= 15 is 0 Å². The Morgan fingerprint density at radius 1 is 0.571 bits per heavy atom. The number of quaternary nitrogens is 1. The first kappa shape index (κ1) is 20.4. The minimum atomic E-state index is 1.18. The molecule has 0 aliphatic heterocycles. The van der Waals surface area contributed by atoms with Crippen LogP contribution < -0.4 is 0 Å². The molecule has 0 rings (SSSR count). The van der Waals surface area contributed by atoms with Crippen LogP contribution in [0.4, 0.5) is 0 Å². The Bertz CT molecular complexity index is 237. The van der Waals surface area contributed by atoms with Crippen LogP contribution >= 0.6 is 0 Å². The van der Waals surface area contributed by atoms with E-state index in [4.69, 9.17) is 0 Å². The Morgan fingerprint density at radius 2 is 1.00 bits per heavy atom. The second kappa shape index (κ2) is 14.4. The van der Waals surface area contributed by atoms with Gasteiger partial charge in [0.1, 0.15) is 0 Å². The lowest BCUT2D eigenvalue weighted by Gasteiger charge is -2.37. The van der Waals surface area contributed by atoms with Crippen molar-refractivity contribution < 1.29 is 4.48 Å². The maximum atomic E-state index is 2.37. The summed E-state index contributed by atoms with van der Waals surface area (Å²) >= 11 is 0. The molecule has 0 radical (unpaired) electrons. The molecule has 0 saturated carbocycles. The van der Waals surface area contributed by atoms with Gasteiger partial charge in [-0.2, -0.15) is 0 Å². The summed E-state index contributed by atoms with van der Waals surface area (Å²) in [4.78, 5) is 0. The molecule has 0 aliphatic carbocycles. The summed E-state index contributed by atoms with van der Waals surface area (Å²) in [7, 11) is 0. The molecule has 0 atom stereocenters. The van der Waals surface area contributed by atoms with E-state index in [1.165, 1.54) is 82.0 Å². The molecule has 0 fully saturated rings. The zero-order chi connectivity index (χ0) is 15.8. The van der Waals surface area contributed by atoms with Crippen LogP contribution in [0.15, 0.2) is 24.3 Å². The lowest BCUT2D eigenvalue weighted by molar-refractivity contribution is -0.925. The maximum absolute atomic E-state index is 2.37. The van der Waals surface area contributed by atoms with Gasteiger partial charge in [-0.25, -0.2) is 0 Å². The predicted octanol–water partition coefficient (Wildman–Crippen LogP) is 6.12. The molecule has 0 spiro atoms. The first-order valence-corrected chi connectivity index (χ1v) is 9.39. The molecule has 1 nitrogen and oxygen atoms in total. The van der Waals surface area contributed by atoms with Gasteiger partial charge in [0.2, 0.25) is 0 Å². The molecule has 0 bridgehead atoms. The third-order valence-electron chi connectivity index (χ3n) is 4.65. The molecule has 0 aromatic rings. The Balaban J connectivity index is 3.94. The third-order valence-corrected chi connectivity index (χ3v) is 4.65. The number of hydrogen-bond donors (Lipinski definition) is 0. The average Bonchev–Trinajstić information content (AvgIpc) is 2.52. The van der Waals surface area contributed by atoms with Crippen molar-refractivity contribution in [2.45, 2.75) is 79.1 Å². The van der Waals surface area contributed by atoms with Crippen LogP contribution in [-0.4, -0.2) is 30.7 Å². The van der Waals surface area contributed by atoms with Crippen molar-refractivity contribution in [2.24, 2.45) is 0 Å². The zero-order valence-electron chi connectivity index (χ0n) is 15.2. The molecule has 0 unspecified atom stereocenters. The highest BCUT2D eigenvalue weighted by Crippen LogP contribution is 2.13. The Morgan fingerprint density at radius 3 is 1.33 bits per heavy atom. The summed E-state index contributed by atoms with van der Waals surface area (Å²) in [6.45, 7) is 14.5. The average molecular weight is 295 g/mol. The van der Waals surface area contributed by atoms with Gasteiger partial charge in [-0.05, 0) is 65.2 Å². The number of hydrogen-bond acceptors (Lipinski definition) is 0. The van der Waals surface area contributed by atoms with Gasteiger partial charge in [-0.3, -0.25) is 0 Å². The van der Waals surface area contributed by atoms with E-state index in [-0.39, 0.29) is 0 Å². The Labute approximate surface area is 134 Å². The van der Waals surface area contributed by atoms with Crippen LogP contribution in [0.1, 0.15) is 79.1 Å². The molecule has 21 heavy (non-hydrogen) atoms. The van der Waals surface area contributed by atoms with Crippen molar-refractivity contribution in [3.05, 3.63) is 24.3 Å². The van der Waals surface area contributed by atoms with E-state index in [0.717, 1.165) is 0 Å². The fourth-order valence-electron chi connectivity index (χ4n) is 2.96. The molecule has 0 heterocycles. The zero-order valence-corrected chi connectivity index (χ0v) is 15.2. The fraction of sp³-hybridized carbons (Fsp3) is 0.800. The molecular weight excluding hydrogens is 254 g/mol. The molecule has 0 aromatic heterocycles. The van der Waals surface area contributed by atoms with Gasteiger partial charge < -0.3 is 4.48 Å². The highest BCUT2D eigenvalue weighted by Gasteiger charge is 2.21. The van der Waals surface area contributed by atoms with E-state index < -0.39 is 0 Å². The third kappa shape index (κ3) is 10.8. The second-order valence-corrected chi connectivity index (χ2v) is 6.17. The van der Waals surface area contributed by atoms with Gasteiger partial charge in [0.05, 0.1) is 26.2 Å². The highest BCUT2D eigenvalue weighted by molar-refractivity contribution is 4.80. The molecule has 0 aromatic carbocycles. The predicted molar refractivity (Wildman–Crippen MR) is 97.6 cm³/mol. The van der Waals surface area contributed by atoms with Gasteiger partial charge in [-0.1, -0.05) is 38.2 Å². The van der Waals surface area contributed by atoms with Crippen LogP contribution in [-0.2, 0) is 0 Å². The first-order chi connectivity index (χ1) is 10.2. The van der Waals surface area contributed by atoms with Crippen molar-refractivity contribution in [1.29, 1.82) is 0 Å². The minimum absolute atomic E-state index is 1.18. The Kier molecular flexibility index (Phi) is 14.0. The van der Waals surface area contributed by atoms with Crippen LogP contribution in [0.3, 0.4) is 0 Å². The summed E-state index contributed by atoms with van der Waals surface area (Å²) in [5, 5.41) is 0. The lowest BCUT2D eigenvalue weighted by atomic mass is 10.1.